The Morgan fingerprint density at radius 2 is 0.518 bits per heavy atom. The molecule has 110 heavy (non-hydrogen) atoms. The lowest BCUT2D eigenvalue weighted by Crippen LogP contribution is -2.71. The van der Waals surface area contributed by atoms with Crippen molar-refractivity contribution < 1.29 is 217 Å². The van der Waals surface area contributed by atoms with E-state index in [4.69, 9.17) is 80.5 Å². The zero-order valence-corrected chi connectivity index (χ0v) is 59.8. The minimum absolute atomic E-state index is 0.791. The predicted octanol–water partition coefficient (Wildman–Crippen LogP) is -18.0. The van der Waals surface area contributed by atoms with E-state index in [1.807, 2.05) is 0 Å². The maximum Gasteiger partial charge on any atom is 0.217 e. The Balaban J connectivity index is 1.18. The molecule has 9 aliphatic heterocycles. The van der Waals surface area contributed by atoms with Crippen molar-refractivity contribution in [1.82, 2.24) is 21.3 Å². The van der Waals surface area contributed by atoms with Gasteiger partial charge in [0.1, 0.15) is 207 Å². The summed E-state index contributed by atoms with van der Waals surface area (Å²) in [4.78, 5) is 51.5. The molecule has 0 spiro atoms. The number of carbonyl (C=O) groups excluding carboxylic acids is 4. The van der Waals surface area contributed by atoms with E-state index in [2.05, 4.69) is 21.3 Å². The van der Waals surface area contributed by atoms with Crippen molar-refractivity contribution in [3.05, 3.63) is 0 Å². The van der Waals surface area contributed by atoms with Gasteiger partial charge in [-0.3, -0.25) is 19.2 Å². The number of hydrogen-bond donors (Lipinski definition) is 27. The first-order chi connectivity index (χ1) is 51.9. The van der Waals surface area contributed by atoms with Gasteiger partial charge in [-0.05, 0) is 13.8 Å². The highest BCUT2D eigenvalue weighted by Gasteiger charge is 2.62. The number of nitrogens with one attached hydrogen (secondary N) is 4. The highest BCUT2D eigenvalue weighted by Crippen LogP contribution is 2.41. The van der Waals surface area contributed by atoms with Crippen LogP contribution in [0.25, 0.3) is 0 Å². The molecule has 9 saturated heterocycles. The van der Waals surface area contributed by atoms with Gasteiger partial charge < -0.3 is 219 Å². The first-order valence-corrected chi connectivity index (χ1v) is 35.3. The Morgan fingerprint density at radius 1 is 0.255 bits per heavy atom. The van der Waals surface area contributed by atoms with E-state index in [1.54, 1.807) is 0 Å². The second kappa shape index (κ2) is 39.0. The third-order valence-corrected chi connectivity index (χ3v) is 20.3. The highest BCUT2D eigenvalue weighted by atomic mass is 16.8. The number of ether oxygens (including phenoxy) is 17. The second-order valence-corrected chi connectivity index (χ2v) is 28.2. The van der Waals surface area contributed by atoms with Gasteiger partial charge in [-0.25, -0.2) is 0 Å². The SMILES string of the molecule is CC(=O)N[C@H]1[C@H](OC[C@H]2O[C@@H](O[C@H]3[C@@H](O)[C@@H](CO[C@@H]4O[C@H](CO)[C@@H](O)[C@H](O)[C@H]4NC(C)=O)OC(O)[C@@H]3NC(C)=O)[C@H](O[C@@H]3O[C@@H](C)[C@@H](O)[C@@H](O)[C@@H]3O)[C@@H](O[C@@H]3O[C@H](CO)[C@H](O)[C@H](O[C@H]4O[C@H](CO)[C@H](O)[C@H](O[C@H]5O[C@H](CO)[C@H](O)[C@H](O)[C@H]5O)[C@H]4NC(C)=O)[C@H]3O[C@@H]3O[C@@H](C)[C@@H](O)[C@@H](O)[C@@H]3O)[C@H]2O)O[C@H](CO)[C@@H](O)[C@@H]1O. The van der Waals surface area contributed by atoms with Crippen LogP contribution in [0.4, 0.5) is 0 Å². The van der Waals surface area contributed by atoms with E-state index in [-0.39, 0.29) is 0 Å². The lowest BCUT2D eigenvalue weighted by Gasteiger charge is -2.53. The van der Waals surface area contributed by atoms with Gasteiger partial charge in [0.25, 0.3) is 0 Å². The molecule has 0 aliphatic carbocycles. The first-order valence-electron chi connectivity index (χ1n) is 35.3. The maximum atomic E-state index is 13.3. The van der Waals surface area contributed by atoms with Crippen LogP contribution in [0.5, 0.6) is 0 Å². The van der Waals surface area contributed by atoms with Crippen LogP contribution in [-0.2, 0) is 99.7 Å². The molecule has 0 aromatic rings. The Labute approximate surface area is 624 Å². The third-order valence-electron chi connectivity index (χ3n) is 20.3. The van der Waals surface area contributed by atoms with Crippen LogP contribution in [0, 0.1) is 0 Å². The van der Waals surface area contributed by atoms with Gasteiger partial charge in [0.2, 0.25) is 23.6 Å². The van der Waals surface area contributed by atoms with Crippen LogP contribution in [0.3, 0.4) is 0 Å². The summed E-state index contributed by atoms with van der Waals surface area (Å²) < 4.78 is 104. The molecule has 0 aromatic heterocycles. The molecular weight excluding hydrogens is 1500 g/mol. The van der Waals surface area contributed by atoms with Crippen LogP contribution >= 0.6 is 0 Å². The lowest BCUT2D eigenvalue weighted by atomic mass is 9.93. The molecule has 48 heteroatoms. The summed E-state index contributed by atoms with van der Waals surface area (Å²) in [5, 5.41) is 268. The fourth-order valence-electron chi connectivity index (χ4n) is 14.2. The van der Waals surface area contributed by atoms with Crippen molar-refractivity contribution in [2.75, 3.05) is 46.2 Å². The van der Waals surface area contributed by atoms with E-state index >= 15 is 0 Å². The summed E-state index contributed by atoms with van der Waals surface area (Å²) in [6.45, 7) is -1.22. The molecule has 1 unspecified atom stereocenters. The van der Waals surface area contributed by atoms with E-state index in [0.717, 1.165) is 27.7 Å². The zero-order chi connectivity index (χ0) is 81.1. The molecule has 9 heterocycles. The molecule has 48 nitrogen and oxygen atoms in total. The van der Waals surface area contributed by atoms with E-state index in [0.29, 0.717) is 0 Å². The number of aliphatic hydroxyl groups excluding tert-OH is 23. The van der Waals surface area contributed by atoms with Crippen molar-refractivity contribution in [3.8, 4) is 0 Å². The van der Waals surface area contributed by atoms with Gasteiger partial charge in [0, 0.05) is 27.7 Å². The molecule has 0 radical (unpaired) electrons. The van der Waals surface area contributed by atoms with Crippen molar-refractivity contribution >= 4 is 23.6 Å². The van der Waals surface area contributed by atoms with Crippen LogP contribution in [-0.4, -0.2) is 463 Å². The van der Waals surface area contributed by atoms with E-state index in [9.17, 15) is 137 Å². The summed E-state index contributed by atoms with van der Waals surface area (Å²) >= 11 is 0. The molecule has 45 atom stereocenters. The van der Waals surface area contributed by atoms with Crippen LogP contribution in [0.2, 0.25) is 0 Å². The summed E-state index contributed by atoms with van der Waals surface area (Å²) in [6, 6.07) is -7.35. The maximum absolute atomic E-state index is 13.3. The molecular formula is C62H104N4O44. The van der Waals surface area contributed by atoms with Crippen molar-refractivity contribution in [1.29, 1.82) is 0 Å². The van der Waals surface area contributed by atoms with Crippen molar-refractivity contribution in [2.24, 2.45) is 0 Å². The van der Waals surface area contributed by atoms with Gasteiger partial charge in [0.05, 0.1) is 58.5 Å². The standard InChI is InChI=1S/C62H104N4O44/c1-14-31(76)42(87)45(90)58(96-14)109-52-50(107-57-30(66-19(6)75)49(36(81)23(10-70)101-57)105-60-47(92)44(89)35(80)22(9-69)102-60)37(82)24(11-71)103-61(52)108-51-39(84)26(13-95-56-28(64-17(4)73)41(86)34(79)21(8-68)100-56)104-62(53(51)110-59-46(91)43(88)32(77)15(2)97-59)106-48-29(65-18(5)74)54(93)98-25(38(48)83)12-94-55-27(63-16(3)72)40(85)33(78)20(7-67)99-55/h14-15,20-62,67-71,76-93H,7-13H2,1-6H3,(H,63,72)(H,64,73)(H,65,74)(H,66,75)/t14-,15-,20+,21+,22+,23+,24+,25+,26+,27+,28+,29+,30+,31+,32+,33+,34+,35-,36-,37-,38-,39-,40+,41+,42+,43+,44-,45-,46-,47+,48+,49+,50-,51-,52+,53+,54?,55+,56+,57+,58-,59-,60+,61-,62-/m0/s1. The lowest BCUT2D eigenvalue weighted by molar-refractivity contribution is -0.418. The average Bonchev–Trinajstić information content (AvgIpc) is 0.748. The summed E-state index contributed by atoms with van der Waals surface area (Å²) in [7, 11) is 0. The Bertz CT molecular complexity index is 2930. The fraction of sp³-hybridized carbons (Fsp3) is 0.935. The molecule has 0 saturated carbocycles. The van der Waals surface area contributed by atoms with Crippen molar-refractivity contribution in [2.45, 2.75) is 318 Å². The van der Waals surface area contributed by atoms with E-state index < -0.39 is 346 Å². The average molecular weight is 1610 g/mol. The number of hydrogen-bond acceptors (Lipinski definition) is 44. The highest BCUT2D eigenvalue weighted by molar-refractivity contribution is 5.74. The Hall–Kier alpha value is -3.72. The monoisotopic (exact) mass is 1610 g/mol. The van der Waals surface area contributed by atoms with Gasteiger partial charge in [-0.2, -0.15) is 0 Å². The number of carbonyl (C=O) groups is 4. The number of aliphatic hydroxyl groups is 23. The Kier molecular flexibility index (Phi) is 32.0. The largest absolute Gasteiger partial charge is 0.394 e. The number of rotatable bonds is 27. The molecule has 9 rings (SSSR count). The normalized spacial score (nSPS) is 49.6. The molecule has 636 valence electrons. The second-order valence-electron chi connectivity index (χ2n) is 28.2. The molecule has 27 N–H and O–H groups in total. The minimum Gasteiger partial charge on any atom is -0.394 e. The Morgan fingerprint density at radius 3 is 0.936 bits per heavy atom. The van der Waals surface area contributed by atoms with Gasteiger partial charge in [0.15, 0.2) is 56.6 Å². The fourth-order valence-corrected chi connectivity index (χ4v) is 14.2. The van der Waals surface area contributed by atoms with Crippen LogP contribution in [0.1, 0.15) is 41.5 Å². The molecule has 0 aromatic carbocycles. The first kappa shape index (κ1) is 90.2. The minimum atomic E-state index is -2.56. The zero-order valence-electron chi connectivity index (χ0n) is 59.8. The molecule has 0 bridgehead atoms. The molecule has 4 amide bonds. The van der Waals surface area contributed by atoms with Crippen molar-refractivity contribution in [3.63, 3.8) is 0 Å². The summed E-state index contributed by atoms with van der Waals surface area (Å²) in [5.74, 6) is -3.60. The summed E-state index contributed by atoms with van der Waals surface area (Å²) in [6.07, 6.45) is -86.1. The van der Waals surface area contributed by atoms with E-state index in [1.165, 1.54) is 13.8 Å². The molecule has 9 fully saturated rings. The summed E-state index contributed by atoms with van der Waals surface area (Å²) in [5.41, 5.74) is 0. The van der Waals surface area contributed by atoms with Crippen LogP contribution in [0.15, 0.2) is 0 Å². The number of amides is 4. The topological polar surface area (TPSA) is 739 Å². The van der Waals surface area contributed by atoms with Crippen LogP contribution < -0.4 is 21.3 Å². The third kappa shape index (κ3) is 19.9. The quantitative estimate of drug-likeness (QED) is 0.0363. The smallest absolute Gasteiger partial charge is 0.217 e. The van der Waals surface area contributed by atoms with Gasteiger partial charge >= 0.3 is 0 Å². The predicted molar refractivity (Wildman–Crippen MR) is 341 cm³/mol. The van der Waals surface area contributed by atoms with Gasteiger partial charge in [-0.1, -0.05) is 0 Å². The molecule has 9 aliphatic rings. The van der Waals surface area contributed by atoms with Gasteiger partial charge in [-0.15, -0.1) is 0 Å².